The summed E-state index contributed by atoms with van der Waals surface area (Å²) < 4.78 is 5.41. The van der Waals surface area contributed by atoms with E-state index in [-0.39, 0.29) is 18.3 Å². The third-order valence-corrected chi connectivity index (χ3v) is 4.27. The topological polar surface area (TPSA) is 99.5 Å². The molecule has 7 nitrogen and oxygen atoms in total. The smallest absolute Gasteiger partial charge is 0.265 e. The summed E-state index contributed by atoms with van der Waals surface area (Å²) in [6.45, 7) is 2.83. The molecule has 1 aliphatic heterocycles. The maximum atomic E-state index is 12.7. The van der Waals surface area contributed by atoms with E-state index in [4.69, 9.17) is 10.00 Å². The highest BCUT2D eigenvalue weighted by Gasteiger charge is 2.33. The average Bonchev–Trinajstić information content (AvgIpc) is 2.67. The molecule has 3 rings (SSSR count). The molecule has 2 aromatic carbocycles. The second kappa shape index (κ2) is 7.30. The minimum absolute atomic E-state index is 0.152. The number of amides is 2. The second-order valence-corrected chi connectivity index (χ2v) is 6.15. The molecule has 27 heavy (non-hydrogen) atoms. The number of anilines is 2. The first-order valence-corrected chi connectivity index (χ1v) is 8.31. The molecule has 0 saturated heterocycles. The molecular formula is C20H17N3O4. The summed E-state index contributed by atoms with van der Waals surface area (Å²) in [5, 5.41) is 11.7. The van der Waals surface area contributed by atoms with Gasteiger partial charge < -0.3 is 10.1 Å². The Bertz CT molecular complexity index is 977. The van der Waals surface area contributed by atoms with Crippen LogP contribution in [0.25, 0.3) is 0 Å². The summed E-state index contributed by atoms with van der Waals surface area (Å²) >= 11 is 0. The molecule has 0 saturated carbocycles. The molecule has 1 N–H and O–H groups in total. The van der Waals surface area contributed by atoms with Gasteiger partial charge in [0.05, 0.1) is 17.3 Å². The largest absolute Gasteiger partial charge is 0.482 e. The Morgan fingerprint density at radius 3 is 2.74 bits per heavy atom. The van der Waals surface area contributed by atoms with Gasteiger partial charge in [-0.25, -0.2) is 0 Å². The zero-order valence-electron chi connectivity index (χ0n) is 14.9. The Kier molecular flexibility index (Phi) is 4.90. The van der Waals surface area contributed by atoms with E-state index in [2.05, 4.69) is 5.32 Å². The lowest BCUT2D eigenvalue weighted by Gasteiger charge is -2.33. The monoisotopic (exact) mass is 363 g/mol. The molecule has 1 aliphatic rings. The maximum absolute atomic E-state index is 12.7. The third kappa shape index (κ3) is 3.65. The van der Waals surface area contributed by atoms with Gasteiger partial charge in [-0.05, 0) is 50.2 Å². The van der Waals surface area contributed by atoms with Crippen LogP contribution < -0.4 is 15.0 Å². The van der Waals surface area contributed by atoms with Gasteiger partial charge in [0.2, 0.25) is 5.91 Å². The lowest BCUT2D eigenvalue weighted by molar-refractivity contribution is -0.125. The molecule has 2 aromatic rings. The van der Waals surface area contributed by atoms with Gasteiger partial charge in [0.25, 0.3) is 5.91 Å². The summed E-state index contributed by atoms with van der Waals surface area (Å²) in [6.07, 6.45) is 0. The third-order valence-electron chi connectivity index (χ3n) is 4.27. The van der Waals surface area contributed by atoms with Gasteiger partial charge in [0.1, 0.15) is 11.8 Å². The van der Waals surface area contributed by atoms with E-state index in [1.165, 1.54) is 11.8 Å². The fourth-order valence-electron chi connectivity index (χ4n) is 2.85. The average molecular weight is 363 g/mol. The number of rotatable bonds is 4. The summed E-state index contributed by atoms with van der Waals surface area (Å²) in [5.74, 6) is -0.511. The van der Waals surface area contributed by atoms with Gasteiger partial charge in [-0.1, -0.05) is 6.07 Å². The number of ketones is 1. The van der Waals surface area contributed by atoms with E-state index < -0.39 is 11.9 Å². The maximum Gasteiger partial charge on any atom is 0.265 e. The van der Waals surface area contributed by atoms with Crippen LogP contribution in [0.2, 0.25) is 0 Å². The van der Waals surface area contributed by atoms with Crippen molar-refractivity contribution in [2.24, 2.45) is 0 Å². The van der Waals surface area contributed by atoms with Crippen molar-refractivity contribution >= 4 is 29.0 Å². The van der Waals surface area contributed by atoms with Gasteiger partial charge in [0.15, 0.2) is 12.4 Å². The van der Waals surface area contributed by atoms with E-state index in [9.17, 15) is 14.4 Å². The molecule has 1 unspecified atom stereocenters. The number of hydrogen-bond donors (Lipinski definition) is 1. The predicted octanol–water partition coefficient (Wildman–Crippen LogP) is 2.51. The Balaban J connectivity index is 1.89. The lowest BCUT2D eigenvalue weighted by Crippen LogP contribution is -2.49. The van der Waals surface area contributed by atoms with Crippen molar-refractivity contribution < 1.29 is 19.1 Å². The molecule has 1 heterocycles. The van der Waals surface area contributed by atoms with Crippen LogP contribution in [0, 0.1) is 11.3 Å². The summed E-state index contributed by atoms with van der Waals surface area (Å²) in [5.41, 5.74) is 1.68. The second-order valence-electron chi connectivity index (χ2n) is 6.15. The fourth-order valence-corrected chi connectivity index (χ4v) is 2.85. The van der Waals surface area contributed by atoms with Gasteiger partial charge in [0, 0.05) is 11.3 Å². The number of hydrogen-bond acceptors (Lipinski definition) is 5. The minimum atomic E-state index is -0.840. The minimum Gasteiger partial charge on any atom is -0.482 e. The molecule has 2 amide bonds. The van der Waals surface area contributed by atoms with Crippen LogP contribution in [0.4, 0.5) is 11.4 Å². The molecule has 7 heteroatoms. The highest BCUT2D eigenvalue weighted by atomic mass is 16.5. The zero-order chi connectivity index (χ0) is 19.6. The highest BCUT2D eigenvalue weighted by Crippen LogP contribution is 2.34. The number of nitrogens with zero attached hydrogens (tertiary/aromatic N) is 2. The Morgan fingerprint density at radius 2 is 2.04 bits per heavy atom. The van der Waals surface area contributed by atoms with E-state index in [1.54, 1.807) is 49.4 Å². The number of ether oxygens (including phenoxy) is 1. The van der Waals surface area contributed by atoms with Crippen molar-refractivity contribution in [1.29, 1.82) is 5.26 Å². The van der Waals surface area contributed by atoms with E-state index in [0.29, 0.717) is 28.3 Å². The van der Waals surface area contributed by atoms with Crippen molar-refractivity contribution in [3.63, 3.8) is 0 Å². The molecular weight excluding hydrogens is 346 g/mol. The number of Topliss-reactive ketones (excluding diaryl/α,β-unsaturated/α-hetero) is 1. The van der Waals surface area contributed by atoms with Crippen LogP contribution in [0.15, 0.2) is 42.5 Å². The van der Waals surface area contributed by atoms with Crippen molar-refractivity contribution in [2.45, 2.75) is 19.9 Å². The van der Waals surface area contributed by atoms with Crippen molar-refractivity contribution in [3.8, 4) is 11.8 Å². The molecule has 0 aliphatic carbocycles. The number of carbonyl (C=O) groups excluding carboxylic acids is 3. The van der Waals surface area contributed by atoms with Gasteiger partial charge in [-0.15, -0.1) is 0 Å². The van der Waals surface area contributed by atoms with Gasteiger partial charge >= 0.3 is 0 Å². The van der Waals surface area contributed by atoms with Crippen molar-refractivity contribution in [1.82, 2.24) is 0 Å². The number of fused-ring (bicyclic) bond motifs is 1. The first-order chi connectivity index (χ1) is 12.9. The molecule has 1 atom stereocenters. The fraction of sp³-hybridized carbons (Fsp3) is 0.200. The van der Waals surface area contributed by atoms with Crippen LogP contribution in [0.1, 0.15) is 29.8 Å². The Labute approximate surface area is 156 Å². The molecule has 0 aromatic heterocycles. The Morgan fingerprint density at radius 1 is 1.26 bits per heavy atom. The quantitative estimate of drug-likeness (QED) is 0.842. The van der Waals surface area contributed by atoms with E-state index in [1.807, 2.05) is 6.07 Å². The summed E-state index contributed by atoms with van der Waals surface area (Å²) in [7, 11) is 0. The number of carbonyl (C=O) groups is 3. The SMILES string of the molecule is CC(=O)c1ccc2c(c1)N(C(C)C(=O)Nc1cccc(C#N)c1)C(=O)CO2. The van der Waals surface area contributed by atoms with Gasteiger partial charge in [-0.3, -0.25) is 19.3 Å². The molecule has 0 bridgehead atoms. The van der Waals surface area contributed by atoms with Crippen molar-refractivity contribution in [3.05, 3.63) is 53.6 Å². The first-order valence-electron chi connectivity index (χ1n) is 8.31. The van der Waals surface area contributed by atoms with Crippen LogP contribution in [0.5, 0.6) is 5.75 Å². The van der Waals surface area contributed by atoms with Crippen molar-refractivity contribution in [2.75, 3.05) is 16.8 Å². The summed E-state index contributed by atoms with van der Waals surface area (Å²) in [6, 6.07) is 12.5. The lowest BCUT2D eigenvalue weighted by atomic mass is 10.1. The van der Waals surface area contributed by atoms with Crippen LogP contribution in [-0.2, 0) is 9.59 Å². The van der Waals surface area contributed by atoms with E-state index in [0.717, 1.165) is 0 Å². The van der Waals surface area contributed by atoms with Crippen LogP contribution in [0.3, 0.4) is 0 Å². The van der Waals surface area contributed by atoms with E-state index >= 15 is 0 Å². The highest BCUT2D eigenvalue weighted by molar-refractivity contribution is 6.07. The number of nitriles is 1. The molecule has 0 radical (unpaired) electrons. The number of benzene rings is 2. The summed E-state index contributed by atoms with van der Waals surface area (Å²) in [4.78, 5) is 38.1. The standard InChI is InChI=1S/C20H17N3O4/c1-12(20(26)22-16-5-3-4-14(8-16)10-21)23-17-9-15(13(2)24)6-7-18(17)27-11-19(23)25/h3-9,12H,11H2,1-2H3,(H,22,26). The molecule has 0 spiro atoms. The van der Waals surface area contributed by atoms with Gasteiger partial charge in [-0.2, -0.15) is 5.26 Å². The Hall–Kier alpha value is -3.66. The zero-order valence-corrected chi connectivity index (χ0v) is 14.9. The van der Waals surface area contributed by atoms with Crippen LogP contribution in [-0.4, -0.2) is 30.2 Å². The molecule has 0 fully saturated rings. The number of nitrogens with one attached hydrogen (secondary N) is 1. The molecule has 136 valence electrons. The predicted molar refractivity (Wildman–Crippen MR) is 98.7 cm³/mol. The normalized spacial score (nSPS) is 13.8. The van der Waals surface area contributed by atoms with Crippen LogP contribution >= 0.6 is 0 Å². The first kappa shape index (κ1) is 18.1.